The third-order valence-electron chi connectivity index (χ3n) is 4.17. The molecule has 4 nitrogen and oxygen atoms in total. The summed E-state index contributed by atoms with van der Waals surface area (Å²) in [6.45, 7) is 8.63. The topological polar surface area (TPSA) is 41.6 Å². The second-order valence-electron chi connectivity index (χ2n) is 6.50. The lowest BCUT2D eigenvalue weighted by Gasteiger charge is -2.38. The van der Waals surface area contributed by atoms with E-state index in [2.05, 4.69) is 19.2 Å². The molecule has 128 valence electrons. The van der Waals surface area contributed by atoms with Gasteiger partial charge in [0.2, 0.25) is 0 Å². The number of ether oxygens (including phenoxy) is 1. The van der Waals surface area contributed by atoms with Gasteiger partial charge in [-0.2, -0.15) is 0 Å². The lowest BCUT2D eigenvalue weighted by atomic mass is 10.0. The molecule has 0 radical (unpaired) electrons. The zero-order chi connectivity index (χ0) is 16.8. The van der Waals surface area contributed by atoms with Crippen LogP contribution in [0.15, 0.2) is 24.3 Å². The van der Waals surface area contributed by atoms with Gasteiger partial charge in [-0.05, 0) is 37.0 Å². The Morgan fingerprint density at radius 2 is 2.22 bits per heavy atom. The van der Waals surface area contributed by atoms with Crippen molar-refractivity contribution in [3.8, 4) is 0 Å². The standard InChI is InChI=1S/C18H27FN2O2/c1-13(2)7-10-23-14(3)18(22)21-9-8-20-12-17(21)15-5-4-6-16(19)11-15/h4-6,11,13-14,17,20H,7-10,12H2,1-3H3. The second kappa shape index (κ2) is 8.41. The highest BCUT2D eigenvalue weighted by molar-refractivity contribution is 5.81. The molecule has 2 rings (SSSR count). The van der Waals surface area contributed by atoms with E-state index < -0.39 is 6.10 Å². The fraction of sp³-hybridized carbons (Fsp3) is 0.611. The minimum absolute atomic E-state index is 0.0236. The molecule has 0 aliphatic carbocycles. The van der Waals surface area contributed by atoms with E-state index in [0.717, 1.165) is 18.5 Å². The van der Waals surface area contributed by atoms with E-state index in [-0.39, 0.29) is 17.8 Å². The molecule has 5 heteroatoms. The lowest BCUT2D eigenvalue weighted by Crippen LogP contribution is -2.51. The van der Waals surface area contributed by atoms with Crippen LogP contribution >= 0.6 is 0 Å². The third kappa shape index (κ3) is 5.01. The fourth-order valence-corrected chi connectivity index (χ4v) is 2.77. The van der Waals surface area contributed by atoms with Gasteiger partial charge in [0, 0.05) is 26.2 Å². The summed E-state index contributed by atoms with van der Waals surface area (Å²) < 4.78 is 19.2. The highest BCUT2D eigenvalue weighted by atomic mass is 19.1. The normalized spacial score (nSPS) is 19.9. The molecule has 0 aromatic heterocycles. The number of benzene rings is 1. The Hall–Kier alpha value is -1.46. The predicted molar refractivity (Wildman–Crippen MR) is 88.6 cm³/mol. The number of piperazine rings is 1. The molecule has 2 unspecified atom stereocenters. The predicted octanol–water partition coefficient (Wildman–Crippen LogP) is 2.75. The summed E-state index contributed by atoms with van der Waals surface area (Å²) in [5, 5.41) is 3.28. The van der Waals surface area contributed by atoms with Crippen LogP contribution in [0.2, 0.25) is 0 Å². The number of rotatable bonds is 6. The van der Waals surface area contributed by atoms with Gasteiger partial charge < -0.3 is 15.0 Å². The fourth-order valence-electron chi connectivity index (χ4n) is 2.77. The van der Waals surface area contributed by atoms with Gasteiger partial charge in [-0.25, -0.2) is 4.39 Å². The second-order valence-corrected chi connectivity index (χ2v) is 6.50. The zero-order valence-corrected chi connectivity index (χ0v) is 14.2. The Morgan fingerprint density at radius 1 is 1.43 bits per heavy atom. The van der Waals surface area contributed by atoms with Crippen LogP contribution < -0.4 is 5.32 Å². The Kier molecular flexibility index (Phi) is 6.54. The smallest absolute Gasteiger partial charge is 0.252 e. The summed E-state index contributed by atoms with van der Waals surface area (Å²) in [6.07, 6.45) is 0.467. The Morgan fingerprint density at radius 3 is 2.91 bits per heavy atom. The zero-order valence-electron chi connectivity index (χ0n) is 14.2. The first-order valence-electron chi connectivity index (χ1n) is 8.37. The first-order valence-corrected chi connectivity index (χ1v) is 8.37. The highest BCUT2D eigenvalue weighted by Crippen LogP contribution is 2.24. The molecule has 1 amide bonds. The van der Waals surface area contributed by atoms with E-state index in [1.807, 2.05) is 11.0 Å². The van der Waals surface area contributed by atoms with Gasteiger partial charge in [0.25, 0.3) is 5.91 Å². The molecule has 1 aromatic rings. The maximum absolute atomic E-state index is 13.5. The van der Waals surface area contributed by atoms with Crippen LogP contribution in [-0.2, 0) is 9.53 Å². The first-order chi connectivity index (χ1) is 11.0. The van der Waals surface area contributed by atoms with Crippen molar-refractivity contribution in [1.82, 2.24) is 10.2 Å². The van der Waals surface area contributed by atoms with Crippen molar-refractivity contribution < 1.29 is 13.9 Å². The van der Waals surface area contributed by atoms with Crippen LogP contribution in [0.1, 0.15) is 38.8 Å². The van der Waals surface area contributed by atoms with E-state index in [4.69, 9.17) is 4.74 Å². The number of nitrogens with zero attached hydrogens (tertiary/aromatic N) is 1. The van der Waals surface area contributed by atoms with E-state index in [9.17, 15) is 9.18 Å². The number of carbonyl (C=O) groups is 1. The largest absolute Gasteiger partial charge is 0.369 e. The highest BCUT2D eigenvalue weighted by Gasteiger charge is 2.31. The molecule has 1 heterocycles. The van der Waals surface area contributed by atoms with Crippen molar-refractivity contribution in [3.05, 3.63) is 35.6 Å². The van der Waals surface area contributed by atoms with Gasteiger partial charge in [-0.3, -0.25) is 4.79 Å². The van der Waals surface area contributed by atoms with Gasteiger partial charge >= 0.3 is 0 Å². The Labute approximate surface area is 138 Å². The SMILES string of the molecule is CC(C)CCOC(C)C(=O)N1CCNCC1c1cccc(F)c1. The minimum atomic E-state index is -0.470. The lowest BCUT2D eigenvalue weighted by molar-refractivity contribution is -0.146. The van der Waals surface area contributed by atoms with Gasteiger partial charge in [0.05, 0.1) is 6.04 Å². The van der Waals surface area contributed by atoms with E-state index in [0.29, 0.717) is 25.6 Å². The number of carbonyl (C=O) groups excluding carboxylic acids is 1. The molecule has 2 atom stereocenters. The molecule has 1 saturated heterocycles. The number of halogens is 1. The minimum Gasteiger partial charge on any atom is -0.369 e. The van der Waals surface area contributed by atoms with E-state index in [1.165, 1.54) is 12.1 Å². The molecule has 1 aliphatic heterocycles. The number of nitrogens with one attached hydrogen (secondary N) is 1. The van der Waals surface area contributed by atoms with Crippen molar-refractivity contribution in [1.29, 1.82) is 0 Å². The van der Waals surface area contributed by atoms with Gasteiger partial charge in [-0.15, -0.1) is 0 Å². The summed E-state index contributed by atoms with van der Waals surface area (Å²) in [6, 6.07) is 6.32. The molecule has 1 aliphatic rings. The number of hydrogen-bond acceptors (Lipinski definition) is 3. The van der Waals surface area contributed by atoms with Crippen LogP contribution in [0.3, 0.4) is 0 Å². The molecular formula is C18H27FN2O2. The van der Waals surface area contributed by atoms with Crippen LogP contribution in [-0.4, -0.2) is 43.2 Å². The number of amides is 1. The summed E-state index contributed by atoms with van der Waals surface area (Å²) in [5.41, 5.74) is 0.819. The maximum Gasteiger partial charge on any atom is 0.252 e. The Bertz CT molecular complexity index is 521. The van der Waals surface area contributed by atoms with Crippen molar-refractivity contribution in [2.24, 2.45) is 5.92 Å². The monoisotopic (exact) mass is 322 g/mol. The first kappa shape index (κ1) is 17.9. The van der Waals surface area contributed by atoms with Crippen LogP contribution in [0, 0.1) is 11.7 Å². The van der Waals surface area contributed by atoms with Crippen molar-refractivity contribution in [3.63, 3.8) is 0 Å². The molecule has 1 fully saturated rings. The van der Waals surface area contributed by atoms with Crippen LogP contribution in [0.5, 0.6) is 0 Å². The maximum atomic E-state index is 13.5. The van der Waals surface area contributed by atoms with Crippen molar-refractivity contribution >= 4 is 5.91 Å². The number of hydrogen-bond donors (Lipinski definition) is 1. The Balaban J connectivity index is 2.03. The summed E-state index contributed by atoms with van der Waals surface area (Å²) in [4.78, 5) is 14.5. The molecule has 0 spiro atoms. The molecule has 23 heavy (non-hydrogen) atoms. The molecule has 1 aromatic carbocycles. The van der Waals surface area contributed by atoms with E-state index in [1.54, 1.807) is 13.0 Å². The molecule has 0 saturated carbocycles. The molecule has 0 bridgehead atoms. The summed E-state index contributed by atoms with van der Waals surface area (Å²) >= 11 is 0. The molecule has 1 N–H and O–H groups in total. The summed E-state index contributed by atoms with van der Waals surface area (Å²) in [7, 11) is 0. The quantitative estimate of drug-likeness (QED) is 0.875. The van der Waals surface area contributed by atoms with Crippen LogP contribution in [0.4, 0.5) is 4.39 Å². The van der Waals surface area contributed by atoms with Gasteiger partial charge in [-0.1, -0.05) is 26.0 Å². The summed E-state index contributed by atoms with van der Waals surface area (Å²) in [5.74, 6) is 0.253. The van der Waals surface area contributed by atoms with E-state index >= 15 is 0 Å². The third-order valence-corrected chi connectivity index (χ3v) is 4.17. The average Bonchev–Trinajstić information content (AvgIpc) is 2.53. The van der Waals surface area contributed by atoms with Crippen molar-refractivity contribution in [2.75, 3.05) is 26.2 Å². The van der Waals surface area contributed by atoms with Gasteiger partial charge in [0.15, 0.2) is 0 Å². The van der Waals surface area contributed by atoms with Crippen LogP contribution in [0.25, 0.3) is 0 Å². The average molecular weight is 322 g/mol. The van der Waals surface area contributed by atoms with Gasteiger partial charge in [0.1, 0.15) is 11.9 Å². The molecular weight excluding hydrogens is 295 g/mol. The van der Waals surface area contributed by atoms with Crippen molar-refractivity contribution in [2.45, 2.75) is 39.3 Å².